The molecule has 12 heavy (non-hydrogen) atoms. The molecule has 0 atom stereocenters. The van der Waals surface area contributed by atoms with Crippen LogP contribution in [-0.4, -0.2) is 13.2 Å². The summed E-state index contributed by atoms with van der Waals surface area (Å²) in [6.07, 6.45) is 5.77. The van der Waals surface area contributed by atoms with Crippen molar-refractivity contribution in [1.82, 2.24) is 0 Å². The van der Waals surface area contributed by atoms with E-state index in [1.807, 2.05) is 7.11 Å². The third-order valence-corrected chi connectivity index (χ3v) is 3.23. The fraction of sp³-hybridized carbons (Fsp3) is 1.00. The van der Waals surface area contributed by atoms with Crippen molar-refractivity contribution in [2.45, 2.75) is 52.6 Å². The first-order valence-corrected chi connectivity index (χ1v) is 5.07. The third-order valence-electron chi connectivity index (χ3n) is 3.23. The van der Waals surface area contributed by atoms with Gasteiger partial charge < -0.3 is 4.74 Å². The minimum Gasteiger partial charge on any atom is -0.381 e. The van der Waals surface area contributed by atoms with Gasteiger partial charge >= 0.3 is 0 Å². The molecule has 0 bridgehead atoms. The Balaban J connectivity index is 2.36. The van der Waals surface area contributed by atoms with Crippen LogP contribution in [0.4, 0.5) is 0 Å². The van der Waals surface area contributed by atoms with Crippen LogP contribution in [0.5, 0.6) is 0 Å². The normalized spacial score (nSPS) is 32.0. The van der Waals surface area contributed by atoms with Crippen LogP contribution >= 0.6 is 0 Å². The maximum Gasteiger partial charge on any atom is 0.0571 e. The molecule has 1 fully saturated rings. The molecule has 0 aliphatic heterocycles. The monoisotopic (exact) mass is 170 g/mol. The van der Waals surface area contributed by atoms with Crippen LogP contribution in [0.3, 0.4) is 0 Å². The van der Waals surface area contributed by atoms with E-state index in [9.17, 15) is 0 Å². The van der Waals surface area contributed by atoms with Crippen LogP contribution in [0, 0.1) is 11.3 Å². The molecule has 0 aromatic rings. The zero-order chi connectivity index (χ0) is 9.19. The van der Waals surface area contributed by atoms with Gasteiger partial charge in [0.15, 0.2) is 0 Å². The average molecular weight is 170 g/mol. The summed E-state index contributed by atoms with van der Waals surface area (Å²) in [6.45, 7) is 7.06. The second kappa shape index (κ2) is 3.78. The number of methoxy groups -OCH3 is 1. The smallest absolute Gasteiger partial charge is 0.0571 e. The van der Waals surface area contributed by atoms with Crippen LogP contribution in [0.1, 0.15) is 46.5 Å². The van der Waals surface area contributed by atoms with Gasteiger partial charge in [0, 0.05) is 7.11 Å². The molecular formula is C11H22O. The first kappa shape index (κ1) is 10.0. The minimum absolute atomic E-state index is 0.499. The molecule has 1 aliphatic rings. The second-order valence-electron chi connectivity index (χ2n) is 5.08. The molecule has 72 valence electrons. The topological polar surface area (TPSA) is 9.23 Å². The Morgan fingerprint density at radius 3 is 1.83 bits per heavy atom. The molecule has 1 heteroatoms. The van der Waals surface area contributed by atoms with Crippen LogP contribution in [0.25, 0.3) is 0 Å². The highest BCUT2D eigenvalue weighted by Gasteiger charge is 2.29. The Morgan fingerprint density at radius 1 is 1.00 bits per heavy atom. The van der Waals surface area contributed by atoms with E-state index in [-0.39, 0.29) is 0 Å². The zero-order valence-electron chi connectivity index (χ0n) is 8.89. The van der Waals surface area contributed by atoms with E-state index in [1.54, 1.807) is 0 Å². The van der Waals surface area contributed by atoms with Crippen molar-refractivity contribution in [3.8, 4) is 0 Å². The van der Waals surface area contributed by atoms with Gasteiger partial charge in [-0.15, -0.1) is 0 Å². The largest absolute Gasteiger partial charge is 0.381 e. The van der Waals surface area contributed by atoms with Crippen molar-refractivity contribution < 1.29 is 4.74 Å². The first-order chi connectivity index (χ1) is 5.54. The number of hydrogen-bond acceptors (Lipinski definition) is 1. The van der Waals surface area contributed by atoms with E-state index < -0.39 is 0 Å². The molecular weight excluding hydrogens is 148 g/mol. The molecule has 1 saturated carbocycles. The first-order valence-electron chi connectivity index (χ1n) is 5.07. The zero-order valence-corrected chi connectivity index (χ0v) is 8.89. The molecule has 1 aliphatic carbocycles. The standard InChI is InChI=1S/C11H22O/c1-11(2,3)9-5-7-10(12-4)8-6-9/h9-10H,5-8H2,1-4H3/t9-,10-. The van der Waals surface area contributed by atoms with Crippen LogP contribution in [-0.2, 0) is 4.74 Å². The lowest BCUT2D eigenvalue weighted by atomic mass is 9.72. The van der Waals surface area contributed by atoms with Crippen LogP contribution < -0.4 is 0 Å². The lowest BCUT2D eigenvalue weighted by molar-refractivity contribution is 0.0353. The van der Waals surface area contributed by atoms with Gasteiger partial charge in [-0.25, -0.2) is 0 Å². The summed E-state index contributed by atoms with van der Waals surface area (Å²) < 4.78 is 5.35. The molecule has 0 heterocycles. The van der Waals surface area contributed by atoms with Gasteiger partial charge in [-0.05, 0) is 37.0 Å². The molecule has 0 unspecified atom stereocenters. The van der Waals surface area contributed by atoms with E-state index in [2.05, 4.69) is 20.8 Å². The highest BCUT2D eigenvalue weighted by atomic mass is 16.5. The van der Waals surface area contributed by atoms with Gasteiger partial charge in [0.05, 0.1) is 6.10 Å². The summed E-state index contributed by atoms with van der Waals surface area (Å²) >= 11 is 0. The molecule has 0 aromatic carbocycles. The predicted molar refractivity (Wildman–Crippen MR) is 52.2 cm³/mol. The molecule has 0 aromatic heterocycles. The number of hydrogen-bond donors (Lipinski definition) is 0. The Kier molecular flexibility index (Phi) is 3.16. The highest BCUT2D eigenvalue weighted by Crippen LogP contribution is 2.38. The molecule has 1 nitrogen and oxygen atoms in total. The molecule has 0 amide bonds. The quantitative estimate of drug-likeness (QED) is 0.587. The van der Waals surface area contributed by atoms with Crippen LogP contribution in [0.15, 0.2) is 0 Å². The summed E-state index contributed by atoms with van der Waals surface area (Å²) in [7, 11) is 1.84. The Hall–Kier alpha value is -0.0400. The van der Waals surface area contributed by atoms with Crippen LogP contribution in [0.2, 0.25) is 0 Å². The van der Waals surface area contributed by atoms with Crippen molar-refractivity contribution in [2.24, 2.45) is 11.3 Å². The van der Waals surface area contributed by atoms with Crippen molar-refractivity contribution in [3.63, 3.8) is 0 Å². The SMILES string of the molecule is CO[C@H]1CC[C@H](C(C)(C)C)CC1. The summed E-state index contributed by atoms with van der Waals surface area (Å²) in [4.78, 5) is 0. The Labute approximate surface area is 76.5 Å². The predicted octanol–water partition coefficient (Wildman–Crippen LogP) is 3.24. The summed E-state index contributed by atoms with van der Waals surface area (Å²) in [5, 5.41) is 0. The van der Waals surface area contributed by atoms with Gasteiger partial charge in [-0.1, -0.05) is 20.8 Å². The van der Waals surface area contributed by atoms with Crippen molar-refractivity contribution in [2.75, 3.05) is 7.11 Å². The molecule has 0 N–H and O–H groups in total. The van der Waals surface area contributed by atoms with Crippen molar-refractivity contribution in [3.05, 3.63) is 0 Å². The van der Waals surface area contributed by atoms with Gasteiger partial charge in [-0.2, -0.15) is 0 Å². The Bertz CT molecular complexity index is 126. The van der Waals surface area contributed by atoms with E-state index in [0.717, 1.165) is 5.92 Å². The van der Waals surface area contributed by atoms with Gasteiger partial charge in [0.2, 0.25) is 0 Å². The molecule has 0 spiro atoms. The molecule has 0 radical (unpaired) electrons. The average Bonchev–Trinajstić information content (AvgIpc) is 2.03. The number of ether oxygens (including phenoxy) is 1. The lowest BCUT2D eigenvalue weighted by Crippen LogP contribution is -2.28. The fourth-order valence-corrected chi connectivity index (χ4v) is 2.16. The van der Waals surface area contributed by atoms with Gasteiger partial charge in [0.25, 0.3) is 0 Å². The maximum absolute atomic E-state index is 5.35. The van der Waals surface area contributed by atoms with Crippen molar-refractivity contribution >= 4 is 0 Å². The minimum atomic E-state index is 0.499. The summed E-state index contributed by atoms with van der Waals surface area (Å²) in [6, 6.07) is 0. The number of rotatable bonds is 1. The van der Waals surface area contributed by atoms with E-state index in [1.165, 1.54) is 25.7 Å². The van der Waals surface area contributed by atoms with Crippen molar-refractivity contribution in [1.29, 1.82) is 0 Å². The fourth-order valence-electron chi connectivity index (χ4n) is 2.16. The Morgan fingerprint density at radius 2 is 1.50 bits per heavy atom. The summed E-state index contributed by atoms with van der Waals surface area (Å²) in [5.74, 6) is 0.906. The molecule has 0 saturated heterocycles. The van der Waals surface area contributed by atoms with Gasteiger partial charge in [0.1, 0.15) is 0 Å². The van der Waals surface area contributed by atoms with E-state index >= 15 is 0 Å². The molecule has 1 rings (SSSR count). The van der Waals surface area contributed by atoms with Gasteiger partial charge in [-0.3, -0.25) is 0 Å². The van der Waals surface area contributed by atoms with E-state index in [4.69, 9.17) is 4.74 Å². The second-order valence-corrected chi connectivity index (χ2v) is 5.08. The summed E-state index contributed by atoms with van der Waals surface area (Å²) in [5.41, 5.74) is 0.499. The lowest BCUT2D eigenvalue weighted by Gasteiger charge is -2.36. The highest BCUT2D eigenvalue weighted by molar-refractivity contribution is 4.80. The maximum atomic E-state index is 5.35. The third kappa shape index (κ3) is 2.48. The van der Waals surface area contributed by atoms with E-state index in [0.29, 0.717) is 11.5 Å².